The molecule has 0 aliphatic rings. The van der Waals surface area contributed by atoms with E-state index in [1.807, 2.05) is 49.6 Å². The van der Waals surface area contributed by atoms with Crippen LogP contribution in [0.1, 0.15) is 0 Å². The number of pyridine rings is 1. The second-order valence-corrected chi connectivity index (χ2v) is 4.77. The van der Waals surface area contributed by atoms with Gasteiger partial charge in [0.2, 0.25) is 0 Å². The molecule has 5 nitrogen and oxygen atoms in total. The van der Waals surface area contributed by atoms with Crippen molar-refractivity contribution in [2.24, 2.45) is 0 Å². The van der Waals surface area contributed by atoms with E-state index < -0.39 is 0 Å². The van der Waals surface area contributed by atoms with E-state index in [0.29, 0.717) is 5.15 Å². The van der Waals surface area contributed by atoms with Crippen LogP contribution in [0.3, 0.4) is 0 Å². The summed E-state index contributed by atoms with van der Waals surface area (Å²) < 4.78 is 1.65. The number of hydrogen-bond acceptors (Lipinski definition) is 4. The first-order valence-corrected chi connectivity index (χ1v) is 6.17. The molecule has 0 radical (unpaired) electrons. The number of hydrogen-bond donors (Lipinski definition) is 0. The van der Waals surface area contributed by atoms with Gasteiger partial charge in [0.15, 0.2) is 5.65 Å². The first-order valence-electron chi connectivity index (χ1n) is 5.79. The minimum absolute atomic E-state index is 0.437. The number of halogens is 1. The molecule has 0 N–H and O–H groups in total. The summed E-state index contributed by atoms with van der Waals surface area (Å²) in [7, 11) is 3.96. The van der Waals surface area contributed by atoms with Crippen molar-refractivity contribution in [1.82, 2.24) is 19.6 Å². The van der Waals surface area contributed by atoms with Crippen molar-refractivity contribution in [2.45, 2.75) is 0 Å². The average molecular weight is 274 g/mol. The van der Waals surface area contributed by atoms with Gasteiger partial charge in [-0.25, -0.2) is 9.50 Å². The predicted molar refractivity (Wildman–Crippen MR) is 75.6 cm³/mol. The van der Waals surface area contributed by atoms with Crippen LogP contribution in [0.5, 0.6) is 0 Å². The molecular weight excluding hydrogens is 262 g/mol. The Morgan fingerprint density at radius 2 is 1.95 bits per heavy atom. The second kappa shape index (κ2) is 4.51. The topological polar surface area (TPSA) is 46.3 Å². The molecule has 3 rings (SSSR count). The summed E-state index contributed by atoms with van der Waals surface area (Å²) in [6.45, 7) is 0. The summed E-state index contributed by atoms with van der Waals surface area (Å²) >= 11 is 5.85. The Morgan fingerprint density at radius 3 is 2.63 bits per heavy atom. The second-order valence-electron chi connectivity index (χ2n) is 4.38. The van der Waals surface area contributed by atoms with Crippen molar-refractivity contribution in [3.63, 3.8) is 0 Å². The molecular formula is C13H12ClN5. The first-order chi connectivity index (χ1) is 9.13. The summed E-state index contributed by atoms with van der Waals surface area (Å²) in [5.74, 6) is 0. The minimum Gasteiger partial charge on any atom is -0.376 e. The maximum absolute atomic E-state index is 5.85. The smallest absolute Gasteiger partial charge is 0.154 e. The SMILES string of the molecule is CN(C)c1ccc(-c2cn3nc(Cl)ccc3n2)nc1. The summed E-state index contributed by atoms with van der Waals surface area (Å²) in [6, 6.07) is 7.49. The maximum atomic E-state index is 5.85. The van der Waals surface area contributed by atoms with Crippen LogP contribution in [0.15, 0.2) is 36.7 Å². The molecule has 0 aliphatic heterocycles. The molecule has 3 heterocycles. The van der Waals surface area contributed by atoms with Crippen LogP contribution < -0.4 is 4.90 Å². The normalized spacial score (nSPS) is 10.9. The summed E-state index contributed by atoms with van der Waals surface area (Å²) in [5, 5.41) is 4.59. The van der Waals surface area contributed by atoms with Gasteiger partial charge in [-0.3, -0.25) is 4.98 Å². The monoisotopic (exact) mass is 273 g/mol. The largest absolute Gasteiger partial charge is 0.376 e. The molecule has 0 spiro atoms. The average Bonchev–Trinajstić information content (AvgIpc) is 2.81. The lowest BCUT2D eigenvalue weighted by Gasteiger charge is -2.11. The van der Waals surface area contributed by atoms with E-state index in [4.69, 9.17) is 11.6 Å². The fourth-order valence-electron chi connectivity index (χ4n) is 1.78. The molecule has 0 unspecified atom stereocenters. The third-order valence-corrected chi connectivity index (χ3v) is 3.02. The van der Waals surface area contributed by atoms with E-state index in [-0.39, 0.29) is 0 Å². The van der Waals surface area contributed by atoms with Crippen molar-refractivity contribution in [2.75, 3.05) is 19.0 Å². The van der Waals surface area contributed by atoms with Crippen LogP contribution in [0.25, 0.3) is 17.0 Å². The van der Waals surface area contributed by atoms with E-state index in [2.05, 4.69) is 15.1 Å². The van der Waals surface area contributed by atoms with E-state index in [1.165, 1.54) is 0 Å². The molecule has 0 atom stereocenters. The molecule has 3 aromatic rings. The summed E-state index contributed by atoms with van der Waals surface area (Å²) in [6.07, 6.45) is 3.64. The fourth-order valence-corrected chi connectivity index (χ4v) is 1.93. The Labute approximate surface area is 115 Å². The third-order valence-electron chi connectivity index (χ3n) is 2.81. The van der Waals surface area contributed by atoms with Crippen molar-refractivity contribution < 1.29 is 0 Å². The Bertz CT molecular complexity index is 717. The molecule has 0 aromatic carbocycles. The van der Waals surface area contributed by atoms with Crippen molar-refractivity contribution in [3.8, 4) is 11.4 Å². The van der Waals surface area contributed by atoms with Crippen LogP contribution in [0, 0.1) is 0 Å². The highest BCUT2D eigenvalue weighted by Gasteiger charge is 2.07. The van der Waals surface area contributed by atoms with Gasteiger partial charge >= 0.3 is 0 Å². The third kappa shape index (κ3) is 2.24. The van der Waals surface area contributed by atoms with Gasteiger partial charge in [0.25, 0.3) is 0 Å². The number of fused-ring (bicyclic) bond motifs is 1. The highest BCUT2D eigenvalue weighted by Crippen LogP contribution is 2.19. The van der Waals surface area contributed by atoms with Crippen LogP contribution in [0.2, 0.25) is 5.15 Å². The Kier molecular flexibility index (Phi) is 2.83. The molecule has 0 aliphatic carbocycles. The van der Waals surface area contributed by atoms with Crippen LogP contribution >= 0.6 is 11.6 Å². The minimum atomic E-state index is 0.437. The summed E-state index contributed by atoms with van der Waals surface area (Å²) in [4.78, 5) is 10.9. The Balaban J connectivity index is 2.03. The first kappa shape index (κ1) is 11.9. The zero-order valence-corrected chi connectivity index (χ0v) is 11.3. The predicted octanol–water partition coefficient (Wildman–Crippen LogP) is 2.51. The number of nitrogens with zero attached hydrogens (tertiary/aromatic N) is 5. The lowest BCUT2D eigenvalue weighted by atomic mass is 10.3. The Morgan fingerprint density at radius 1 is 1.11 bits per heavy atom. The fraction of sp³-hybridized carbons (Fsp3) is 0.154. The van der Waals surface area contributed by atoms with Gasteiger partial charge in [0.1, 0.15) is 10.8 Å². The molecule has 6 heteroatoms. The highest BCUT2D eigenvalue weighted by molar-refractivity contribution is 6.29. The number of anilines is 1. The molecule has 96 valence electrons. The number of rotatable bonds is 2. The zero-order valence-electron chi connectivity index (χ0n) is 10.6. The van der Waals surface area contributed by atoms with E-state index in [0.717, 1.165) is 22.7 Å². The zero-order chi connectivity index (χ0) is 13.4. The maximum Gasteiger partial charge on any atom is 0.154 e. The lowest BCUT2D eigenvalue weighted by molar-refractivity contribution is 0.936. The van der Waals surface area contributed by atoms with Gasteiger partial charge in [-0.2, -0.15) is 5.10 Å². The lowest BCUT2D eigenvalue weighted by Crippen LogP contribution is -2.08. The van der Waals surface area contributed by atoms with E-state index in [9.17, 15) is 0 Å². The van der Waals surface area contributed by atoms with Crippen molar-refractivity contribution in [1.29, 1.82) is 0 Å². The molecule has 0 fully saturated rings. The van der Waals surface area contributed by atoms with Gasteiger partial charge in [-0.05, 0) is 24.3 Å². The quantitative estimate of drug-likeness (QED) is 0.720. The standard InChI is InChI=1S/C13H12ClN5/c1-18(2)9-3-4-10(15-7-9)11-8-19-13(16-11)6-5-12(14)17-19/h3-8H,1-2H3. The van der Waals surface area contributed by atoms with Crippen molar-refractivity contribution >= 4 is 22.9 Å². The molecule has 0 bridgehead atoms. The highest BCUT2D eigenvalue weighted by atomic mass is 35.5. The molecule has 0 saturated carbocycles. The summed E-state index contributed by atoms with van der Waals surface area (Å²) in [5.41, 5.74) is 3.39. The van der Waals surface area contributed by atoms with E-state index in [1.54, 1.807) is 10.6 Å². The Hall–Kier alpha value is -2.14. The van der Waals surface area contributed by atoms with Crippen molar-refractivity contribution in [3.05, 3.63) is 41.8 Å². The molecule has 3 aromatic heterocycles. The van der Waals surface area contributed by atoms with E-state index >= 15 is 0 Å². The number of aromatic nitrogens is 4. The molecule has 19 heavy (non-hydrogen) atoms. The number of imidazole rings is 1. The van der Waals surface area contributed by atoms with Gasteiger partial charge in [0.05, 0.1) is 23.8 Å². The van der Waals surface area contributed by atoms with Gasteiger partial charge in [0, 0.05) is 14.1 Å². The van der Waals surface area contributed by atoms with Crippen LogP contribution in [-0.4, -0.2) is 33.7 Å². The van der Waals surface area contributed by atoms with Crippen LogP contribution in [-0.2, 0) is 0 Å². The molecule has 0 saturated heterocycles. The molecule has 0 amide bonds. The van der Waals surface area contributed by atoms with Gasteiger partial charge in [-0.1, -0.05) is 11.6 Å². The van der Waals surface area contributed by atoms with Gasteiger partial charge in [-0.15, -0.1) is 0 Å². The van der Waals surface area contributed by atoms with Gasteiger partial charge < -0.3 is 4.90 Å². The van der Waals surface area contributed by atoms with Crippen LogP contribution in [0.4, 0.5) is 5.69 Å².